The highest BCUT2D eigenvalue weighted by atomic mass is 32.2. The molecule has 2 amide bonds. The van der Waals surface area contributed by atoms with Gasteiger partial charge in [0, 0.05) is 50.1 Å². The summed E-state index contributed by atoms with van der Waals surface area (Å²) in [6.07, 6.45) is 1.46. The summed E-state index contributed by atoms with van der Waals surface area (Å²) in [5.74, 6) is 0.861. The molecule has 0 bridgehead atoms. The molecule has 1 fully saturated rings. The van der Waals surface area contributed by atoms with Crippen LogP contribution in [0.15, 0.2) is 24.3 Å². The molecule has 1 aromatic rings. The maximum atomic E-state index is 12.0. The predicted octanol–water partition coefficient (Wildman–Crippen LogP) is 2.11. The molecule has 0 aromatic heterocycles. The summed E-state index contributed by atoms with van der Waals surface area (Å²) in [7, 11) is 0. The fraction of sp³-hybridized carbons (Fsp3) is 0.529. The SMILES string of the molecule is CC(CNC(=O)CCN1CCSC1=O)N1CCc2ccccc21. The fourth-order valence-corrected chi connectivity index (χ4v) is 4.00. The van der Waals surface area contributed by atoms with Crippen molar-refractivity contribution in [3.05, 3.63) is 29.8 Å². The second-order valence-corrected chi connectivity index (χ2v) is 7.12. The molecule has 124 valence electrons. The van der Waals surface area contributed by atoms with E-state index < -0.39 is 0 Å². The lowest BCUT2D eigenvalue weighted by molar-refractivity contribution is -0.121. The number of anilines is 1. The van der Waals surface area contributed by atoms with Gasteiger partial charge in [-0.3, -0.25) is 9.59 Å². The minimum absolute atomic E-state index is 0.0223. The summed E-state index contributed by atoms with van der Waals surface area (Å²) in [5, 5.41) is 3.10. The fourth-order valence-electron chi connectivity index (χ4n) is 3.15. The van der Waals surface area contributed by atoms with Crippen molar-refractivity contribution in [1.29, 1.82) is 0 Å². The maximum Gasteiger partial charge on any atom is 0.281 e. The van der Waals surface area contributed by atoms with Crippen LogP contribution in [0.1, 0.15) is 18.9 Å². The third-order valence-corrected chi connectivity index (χ3v) is 5.40. The van der Waals surface area contributed by atoms with Crippen molar-refractivity contribution in [3.63, 3.8) is 0 Å². The van der Waals surface area contributed by atoms with E-state index in [1.165, 1.54) is 23.0 Å². The smallest absolute Gasteiger partial charge is 0.281 e. The van der Waals surface area contributed by atoms with Gasteiger partial charge < -0.3 is 15.1 Å². The number of carbonyl (C=O) groups excluding carboxylic acids is 2. The number of para-hydroxylation sites is 1. The molecule has 2 aliphatic heterocycles. The molecule has 0 saturated carbocycles. The molecular formula is C17H23N3O2S. The topological polar surface area (TPSA) is 52.7 Å². The molecule has 0 spiro atoms. The highest BCUT2D eigenvalue weighted by Gasteiger charge is 2.24. The number of benzene rings is 1. The zero-order valence-electron chi connectivity index (χ0n) is 13.5. The van der Waals surface area contributed by atoms with Crippen molar-refractivity contribution in [2.24, 2.45) is 0 Å². The van der Waals surface area contributed by atoms with E-state index in [-0.39, 0.29) is 17.2 Å². The summed E-state index contributed by atoms with van der Waals surface area (Å²) >= 11 is 1.33. The lowest BCUT2D eigenvalue weighted by Gasteiger charge is -2.27. The van der Waals surface area contributed by atoms with Gasteiger partial charge in [0.1, 0.15) is 0 Å². The molecule has 2 aliphatic rings. The Morgan fingerprint density at radius 1 is 1.35 bits per heavy atom. The van der Waals surface area contributed by atoms with Crippen LogP contribution < -0.4 is 10.2 Å². The largest absolute Gasteiger partial charge is 0.366 e. The predicted molar refractivity (Wildman–Crippen MR) is 94.0 cm³/mol. The van der Waals surface area contributed by atoms with Gasteiger partial charge >= 0.3 is 0 Å². The number of nitrogens with zero attached hydrogens (tertiary/aromatic N) is 2. The van der Waals surface area contributed by atoms with Crippen LogP contribution in [0, 0.1) is 0 Å². The molecule has 1 saturated heterocycles. The van der Waals surface area contributed by atoms with Crippen molar-refractivity contribution in [1.82, 2.24) is 10.2 Å². The Balaban J connectivity index is 1.43. The minimum Gasteiger partial charge on any atom is -0.366 e. The lowest BCUT2D eigenvalue weighted by Crippen LogP contribution is -2.42. The number of hydrogen-bond donors (Lipinski definition) is 1. The summed E-state index contributed by atoms with van der Waals surface area (Å²) in [6, 6.07) is 8.73. The molecule has 6 heteroatoms. The number of hydrogen-bond acceptors (Lipinski definition) is 4. The molecule has 1 atom stereocenters. The van der Waals surface area contributed by atoms with Crippen molar-refractivity contribution in [2.75, 3.05) is 36.8 Å². The van der Waals surface area contributed by atoms with Gasteiger partial charge in [-0.1, -0.05) is 30.0 Å². The van der Waals surface area contributed by atoms with Crippen LogP contribution >= 0.6 is 11.8 Å². The van der Waals surface area contributed by atoms with Crippen LogP contribution in [-0.2, 0) is 11.2 Å². The summed E-state index contributed by atoms with van der Waals surface area (Å²) in [5.41, 5.74) is 2.67. The zero-order valence-corrected chi connectivity index (χ0v) is 14.3. The Labute approximate surface area is 141 Å². The molecule has 2 heterocycles. The van der Waals surface area contributed by atoms with E-state index in [4.69, 9.17) is 0 Å². The van der Waals surface area contributed by atoms with Gasteiger partial charge in [-0.15, -0.1) is 0 Å². The number of nitrogens with one attached hydrogen (secondary N) is 1. The highest BCUT2D eigenvalue weighted by Crippen LogP contribution is 2.28. The van der Waals surface area contributed by atoms with E-state index in [1.54, 1.807) is 4.90 Å². The molecule has 23 heavy (non-hydrogen) atoms. The van der Waals surface area contributed by atoms with Crippen molar-refractivity contribution < 1.29 is 9.59 Å². The van der Waals surface area contributed by atoms with Crippen molar-refractivity contribution in [3.8, 4) is 0 Å². The summed E-state index contributed by atoms with van der Waals surface area (Å²) in [4.78, 5) is 27.6. The molecule has 1 unspecified atom stereocenters. The van der Waals surface area contributed by atoms with Crippen LogP contribution in [0.25, 0.3) is 0 Å². The van der Waals surface area contributed by atoms with E-state index in [2.05, 4.69) is 41.4 Å². The number of amides is 2. The first kappa shape index (κ1) is 16.2. The summed E-state index contributed by atoms with van der Waals surface area (Å²) < 4.78 is 0. The molecule has 3 rings (SSSR count). The van der Waals surface area contributed by atoms with Crippen LogP contribution in [0.3, 0.4) is 0 Å². The Morgan fingerprint density at radius 3 is 2.96 bits per heavy atom. The third-order valence-electron chi connectivity index (χ3n) is 4.50. The zero-order chi connectivity index (χ0) is 16.2. The van der Waals surface area contributed by atoms with E-state index >= 15 is 0 Å². The monoisotopic (exact) mass is 333 g/mol. The first-order chi connectivity index (χ1) is 11.1. The molecule has 0 radical (unpaired) electrons. The number of fused-ring (bicyclic) bond motifs is 1. The van der Waals surface area contributed by atoms with Gasteiger partial charge in [0.25, 0.3) is 5.24 Å². The van der Waals surface area contributed by atoms with Crippen LogP contribution in [0.5, 0.6) is 0 Å². The van der Waals surface area contributed by atoms with E-state index in [0.29, 0.717) is 19.5 Å². The van der Waals surface area contributed by atoms with Crippen LogP contribution in [-0.4, -0.2) is 54.0 Å². The average Bonchev–Trinajstić information content (AvgIpc) is 3.16. The van der Waals surface area contributed by atoms with E-state index in [9.17, 15) is 9.59 Å². The Morgan fingerprint density at radius 2 is 2.17 bits per heavy atom. The standard InChI is InChI=1S/C17H23N3O2S/c1-13(20-9-6-14-4-2-3-5-15(14)20)12-18-16(21)7-8-19-10-11-23-17(19)22/h2-5,13H,6-12H2,1H3,(H,18,21). The van der Waals surface area contributed by atoms with Gasteiger partial charge in [-0.2, -0.15) is 0 Å². The molecule has 1 N–H and O–H groups in total. The number of carbonyl (C=O) groups is 2. The Hall–Kier alpha value is -1.69. The quantitative estimate of drug-likeness (QED) is 0.866. The molecule has 1 aromatic carbocycles. The normalized spacial score (nSPS) is 18.2. The highest BCUT2D eigenvalue weighted by molar-refractivity contribution is 8.13. The van der Waals surface area contributed by atoms with Gasteiger partial charge in [0.05, 0.1) is 0 Å². The Kier molecular flexibility index (Phi) is 5.10. The second kappa shape index (κ2) is 7.25. The number of thioether (sulfide) groups is 1. The van der Waals surface area contributed by atoms with Crippen LogP contribution in [0.2, 0.25) is 0 Å². The molecular weight excluding hydrogens is 310 g/mol. The molecule has 5 nitrogen and oxygen atoms in total. The van der Waals surface area contributed by atoms with E-state index in [1.807, 2.05) is 0 Å². The van der Waals surface area contributed by atoms with E-state index in [0.717, 1.165) is 25.3 Å². The first-order valence-electron chi connectivity index (χ1n) is 8.18. The van der Waals surface area contributed by atoms with Gasteiger partial charge in [-0.05, 0) is 25.0 Å². The van der Waals surface area contributed by atoms with Crippen LogP contribution in [0.4, 0.5) is 10.5 Å². The van der Waals surface area contributed by atoms with Gasteiger partial charge in [0.2, 0.25) is 5.91 Å². The van der Waals surface area contributed by atoms with Crippen molar-refractivity contribution >= 4 is 28.6 Å². The van der Waals surface area contributed by atoms with Crippen molar-refractivity contribution in [2.45, 2.75) is 25.8 Å². The average molecular weight is 333 g/mol. The number of rotatable bonds is 6. The summed E-state index contributed by atoms with van der Waals surface area (Å²) in [6.45, 7) is 5.07. The lowest BCUT2D eigenvalue weighted by atomic mass is 10.2. The Bertz CT molecular complexity index is 593. The first-order valence-corrected chi connectivity index (χ1v) is 9.16. The molecule has 0 aliphatic carbocycles. The minimum atomic E-state index is 0.0223. The van der Waals surface area contributed by atoms with Gasteiger partial charge in [-0.25, -0.2) is 0 Å². The van der Waals surface area contributed by atoms with Gasteiger partial charge in [0.15, 0.2) is 0 Å². The third kappa shape index (κ3) is 3.80. The second-order valence-electron chi connectivity index (χ2n) is 6.08. The maximum absolute atomic E-state index is 12.0.